The minimum absolute atomic E-state index is 0.440. The fourth-order valence-electron chi connectivity index (χ4n) is 1.66. The second-order valence-electron chi connectivity index (χ2n) is 3.87. The van der Waals surface area contributed by atoms with Crippen LogP contribution in [0.1, 0.15) is 5.56 Å². The number of ether oxygens (including phenoxy) is 1. The van der Waals surface area contributed by atoms with Gasteiger partial charge in [0.15, 0.2) is 5.82 Å². The molecular weight excluding hydrogens is 233 g/mol. The lowest BCUT2D eigenvalue weighted by Crippen LogP contribution is -2.19. The number of para-hydroxylation sites is 1. The normalized spacial score (nSPS) is 10.2. The number of methoxy groups -OCH3 is 1. The van der Waals surface area contributed by atoms with Crippen LogP contribution in [0.2, 0.25) is 0 Å². The lowest BCUT2D eigenvalue weighted by molar-refractivity contribution is 0.409. The standard InChI is InChI=1S/C13H14FN3O/c1-17(13-15-7-11(14)8-16-13)9-10-5-3-4-6-12(10)18-2/h3-8H,9H2,1-2H3. The molecule has 1 aromatic heterocycles. The minimum atomic E-state index is -0.440. The van der Waals surface area contributed by atoms with Crippen molar-refractivity contribution >= 4 is 5.95 Å². The molecule has 0 saturated heterocycles. The number of halogens is 1. The Labute approximate surface area is 105 Å². The molecule has 1 heterocycles. The maximum atomic E-state index is 12.7. The van der Waals surface area contributed by atoms with Crippen LogP contribution in [0, 0.1) is 5.82 Å². The molecule has 18 heavy (non-hydrogen) atoms. The van der Waals surface area contributed by atoms with E-state index in [4.69, 9.17) is 4.74 Å². The average molecular weight is 247 g/mol. The van der Waals surface area contributed by atoms with Crippen molar-refractivity contribution < 1.29 is 9.13 Å². The van der Waals surface area contributed by atoms with Crippen molar-refractivity contribution in [3.05, 3.63) is 48.0 Å². The molecule has 4 nitrogen and oxygen atoms in total. The molecule has 0 bridgehead atoms. The molecule has 0 spiro atoms. The van der Waals surface area contributed by atoms with Crippen molar-refractivity contribution in [2.75, 3.05) is 19.1 Å². The Morgan fingerprint density at radius 1 is 1.22 bits per heavy atom. The number of anilines is 1. The molecule has 0 fully saturated rings. The van der Waals surface area contributed by atoms with Crippen LogP contribution >= 0.6 is 0 Å². The van der Waals surface area contributed by atoms with E-state index in [1.165, 1.54) is 0 Å². The summed E-state index contributed by atoms with van der Waals surface area (Å²) in [5.74, 6) is 0.846. The third kappa shape index (κ3) is 2.74. The average Bonchev–Trinajstić information content (AvgIpc) is 2.40. The second kappa shape index (κ2) is 5.44. The summed E-state index contributed by atoms with van der Waals surface area (Å²) >= 11 is 0. The summed E-state index contributed by atoms with van der Waals surface area (Å²) in [6, 6.07) is 7.72. The molecule has 0 saturated carbocycles. The van der Waals surface area contributed by atoms with Crippen molar-refractivity contribution in [3.63, 3.8) is 0 Å². The topological polar surface area (TPSA) is 38.2 Å². The van der Waals surface area contributed by atoms with E-state index in [0.29, 0.717) is 12.5 Å². The van der Waals surface area contributed by atoms with Crippen molar-refractivity contribution in [2.45, 2.75) is 6.54 Å². The highest BCUT2D eigenvalue weighted by atomic mass is 19.1. The molecular formula is C13H14FN3O. The third-order valence-corrected chi connectivity index (χ3v) is 2.55. The van der Waals surface area contributed by atoms with Crippen molar-refractivity contribution in [3.8, 4) is 5.75 Å². The summed E-state index contributed by atoms with van der Waals surface area (Å²) < 4.78 is 18.0. The maximum Gasteiger partial charge on any atom is 0.225 e. The molecule has 0 amide bonds. The van der Waals surface area contributed by atoms with E-state index < -0.39 is 5.82 Å². The van der Waals surface area contributed by atoms with E-state index in [1.807, 2.05) is 36.2 Å². The molecule has 5 heteroatoms. The van der Waals surface area contributed by atoms with Gasteiger partial charge in [0.25, 0.3) is 0 Å². The van der Waals surface area contributed by atoms with E-state index in [2.05, 4.69) is 9.97 Å². The van der Waals surface area contributed by atoms with Crippen LogP contribution in [0.5, 0.6) is 5.75 Å². The van der Waals surface area contributed by atoms with Crippen molar-refractivity contribution in [2.24, 2.45) is 0 Å². The lowest BCUT2D eigenvalue weighted by atomic mass is 10.2. The molecule has 0 unspecified atom stereocenters. The van der Waals surface area contributed by atoms with Crippen molar-refractivity contribution in [1.29, 1.82) is 0 Å². The van der Waals surface area contributed by atoms with Crippen LogP contribution in [-0.4, -0.2) is 24.1 Å². The number of nitrogens with zero attached hydrogens (tertiary/aromatic N) is 3. The maximum absolute atomic E-state index is 12.7. The molecule has 0 N–H and O–H groups in total. The Bertz CT molecular complexity index is 516. The van der Waals surface area contributed by atoms with Crippen LogP contribution in [0.15, 0.2) is 36.7 Å². The van der Waals surface area contributed by atoms with Gasteiger partial charge in [-0.1, -0.05) is 18.2 Å². The van der Waals surface area contributed by atoms with Gasteiger partial charge in [-0.2, -0.15) is 0 Å². The Hall–Kier alpha value is -2.17. The van der Waals surface area contributed by atoms with E-state index >= 15 is 0 Å². The molecule has 2 aromatic rings. The van der Waals surface area contributed by atoms with Crippen LogP contribution in [0.25, 0.3) is 0 Å². The number of rotatable bonds is 4. The molecule has 0 atom stereocenters. The molecule has 0 aliphatic heterocycles. The SMILES string of the molecule is COc1ccccc1CN(C)c1ncc(F)cn1. The van der Waals surface area contributed by atoms with Crippen LogP contribution in [0.3, 0.4) is 0 Å². The van der Waals surface area contributed by atoms with Crippen LogP contribution in [0.4, 0.5) is 10.3 Å². The first-order valence-electron chi connectivity index (χ1n) is 5.51. The first kappa shape index (κ1) is 12.3. The Morgan fingerprint density at radius 2 is 1.89 bits per heavy atom. The van der Waals surface area contributed by atoms with Gasteiger partial charge >= 0.3 is 0 Å². The largest absolute Gasteiger partial charge is 0.496 e. The zero-order chi connectivity index (χ0) is 13.0. The second-order valence-corrected chi connectivity index (χ2v) is 3.87. The van der Waals surface area contributed by atoms with Gasteiger partial charge in [0.05, 0.1) is 19.5 Å². The van der Waals surface area contributed by atoms with Gasteiger partial charge < -0.3 is 9.64 Å². The molecule has 1 aromatic carbocycles. The predicted molar refractivity (Wildman–Crippen MR) is 67.1 cm³/mol. The van der Waals surface area contributed by atoms with Gasteiger partial charge in [-0.05, 0) is 6.07 Å². The van der Waals surface area contributed by atoms with Gasteiger partial charge in [0.2, 0.25) is 5.95 Å². The Kier molecular flexibility index (Phi) is 3.72. The first-order valence-corrected chi connectivity index (χ1v) is 5.51. The summed E-state index contributed by atoms with van der Waals surface area (Å²) in [4.78, 5) is 9.69. The summed E-state index contributed by atoms with van der Waals surface area (Å²) in [7, 11) is 3.48. The Morgan fingerprint density at radius 3 is 2.56 bits per heavy atom. The number of hydrogen-bond acceptors (Lipinski definition) is 4. The summed E-state index contributed by atoms with van der Waals surface area (Å²) in [5, 5.41) is 0. The summed E-state index contributed by atoms with van der Waals surface area (Å²) in [6.07, 6.45) is 2.31. The zero-order valence-electron chi connectivity index (χ0n) is 10.3. The fraction of sp³-hybridized carbons (Fsp3) is 0.231. The predicted octanol–water partition coefficient (Wildman–Crippen LogP) is 2.26. The molecule has 94 valence electrons. The quantitative estimate of drug-likeness (QED) is 0.830. The highest BCUT2D eigenvalue weighted by Gasteiger charge is 2.08. The summed E-state index contributed by atoms with van der Waals surface area (Å²) in [6.45, 7) is 0.593. The smallest absolute Gasteiger partial charge is 0.225 e. The van der Waals surface area contributed by atoms with Gasteiger partial charge in [-0.3, -0.25) is 0 Å². The molecule has 2 rings (SSSR count). The molecule has 0 aliphatic rings. The van der Waals surface area contributed by atoms with E-state index in [0.717, 1.165) is 23.7 Å². The van der Waals surface area contributed by atoms with Gasteiger partial charge in [0.1, 0.15) is 5.75 Å². The zero-order valence-corrected chi connectivity index (χ0v) is 10.3. The van der Waals surface area contributed by atoms with Gasteiger partial charge in [-0.15, -0.1) is 0 Å². The van der Waals surface area contributed by atoms with E-state index in [1.54, 1.807) is 7.11 Å². The minimum Gasteiger partial charge on any atom is -0.496 e. The number of aromatic nitrogens is 2. The lowest BCUT2D eigenvalue weighted by Gasteiger charge is -2.18. The number of hydrogen-bond donors (Lipinski definition) is 0. The van der Waals surface area contributed by atoms with E-state index in [9.17, 15) is 4.39 Å². The fourth-order valence-corrected chi connectivity index (χ4v) is 1.66. The molecule has 0 aliphatic carbocycles. The molecule has 0 radical (unpaired) electrons. The van der Waals surface area contributed by atoms with E-state index in [-0.39, 0.29) is 0 Å². The van der Waals surface area contributed by atoms with Gasteiger partial charge in [0, 0.05) is 19.2 Å². The van der Waals surface area contributed by atoms with Crippen molar-refractivity contribution in [1.82, 2.24) is 9.97 Å². The summed E-state index contributed by atoms with van der Waals surface area (Å²) in [5.41, 5.74) is 1.02. The van der Waals surface area contributed by atoms with Crippen LogP contribution < -0.4 is 9.64 Å². The monoisotopic (exact) mass is 247 g/mol. The third-order valence-electron chi connectivity index (χ3n) is 2.55. The van der Waals surface area contributed by atoms with Crippen LogP contribution in [-0.2, 0) is 6.54 Å². The number of benzene rings is 1. The first-order chi connectivity index (χ1) is 8.70. The highest BCUT2D eigenvalue weighted by Crippen LogP contribution is 2.20. The van der Waals surface area contributed by atoms with Gasteiger partial charge in [-0.25, -0.2) is 14.4 Å². The Balaban J connectivity index is 2.15. The highest BCUT2D eigenvalue weighted by molar-refractivity contribution is 5.38.